The van der Waals surface area contributed by atoms with Gasteiger partial charge in [-0.2, -0.15) is 0 Å². The molecule has 1 rings (SSSR count). The van der Waals surface area contributed by atoms with Crippen molar-refractivity contribution >= 4 is 21.4 Å². The lowest BCUT2D eigenvalue weighted by atomic mass is 10.1. The molecule has 0 heterocycles. The molecule has 1 aromatic carbocycles. The molecule has 114 valence electrons. The maximum Gasteiger partial charge on any atom is 0.158 e. The van der Waals surface area contributed by atoms with Crippen molar-refractivity contribution in [2.75, 3.05) is 12.4 Å². The minimum absolute atomic E-state index is 0.0398. The van der Waals surface area contributed by atoms with Gasteiger partial charge in [0.05, 0.1) is 15.5 Å². The molecular weight excluding hydrogens is 298 g/mol. The van der Waals surface area contributed by atoms with E-state index in [0.717, 1.165) is 5.56 Å². The average Bonchev–Trinajstić information content (AvgIpc) is 2.29. The van der Waals surface area contributed by atoms with Crippen molar-refractivity contribution in [1.82, 2.24) is 0 Å². The molecule has 0 bridgehead atoms. The summed E-state index contributed by atoms with van der Waals surface area (Å²) in [4.78, 5) is 0. The third kappa shape index (κ3) is 4.36. The van der Waals surface area contributed by atoms with Crippen LogP contribution in [0.4, 0.5) is 0 Å². The molecule has 0 aliphatic rings. The summed E-state index contributed by atoms with van der Waals surface area (Å²) < 4.78 is 28.6. The van der Waals surface area contributed by atoms with Gasteiger partial charge in [-0.3, -0.25) is 0 Å². The predicted octanol–water partition coefficient (Wildman–Crippen LogP) is 2.95. The minimum Gasteiger partial charge on any atom is -0.491 e. The number of benzene rings is 1. The topological polar surface area (TPSA) is 69.4 Å². The third-order valence-corrected chi connectivity index (χ3v) is 5.89. The second-order valence-electron chi connectivity index (χ2n) is 5.76. The van der Waals surface area contributed by atoms with E-state index in [-0.39, 0.29) is 18.4 Å². The van der Waals surface area contributed by atoms with Crippen LogP contribution in [0.2, 0.25) is 5.02 Å². The predicted molar refractivity (Wildman–Crippen MR) is 83.1 cm³/mol. The number of sulfone groups is 1. The van der Waals surface area contributed by atoms with Gasteiger partial charge in [-0.1, -0.05) is 17.7 Å². The third-order valence-electron chi connectivity index (χ3n) is 3.02. The largest absolute Gasteiger partial charge is 0.491 e. The standard InChI is InChI=1S/C14H22ClNO3S/c1-10(16)11-5-6-13(12(15)9-11)19-7-8-20(17,18)14(2,3)4/h5-6,9-10H,7-8,16H2,1-4H3. The van der Waals surface area contributed by atoms with Gasteiger partial charge >= 0.3 is 0 Å². The Bertz CT molecular complexity index is 562. The zero-order valence-corrected chi connectivity index (χ0v) is 13.9. The highest BCUT2D eigenvalue weighted by Crippen LogP contribution is 2.27. The van der Waals surface area contributed by atoms with Crippen molar-refractivity contribution < 1.29 is 13.2 Å². The lowest BCUT2D eigenvalue weighted by Gasteiger charge is -2.19. The molecule has 0 aromatic heterocycles. The lowest BCUT2D eigenvalue weighted by molar-refractivity contribution is 0.340. The minimum atomic E-state index is -3.19. The Hall–Kier alpha value is -0.780. The number of halogens is 1. The Labute approximate surface area is 126 Å². The fraction of sp³-hybridized carbons (Fsp3) is 0.571. The Morgan fingerprint density at radius 1 is 1.35 bits per heavy atom. The van der Waals surface area contributed by atoms with Crippen LogP contribution in [0.25, 0.3) is 0 Å². The van der Waals surface area contributed by atoms with E-state index in [1.807, 2.05) is 13.0 Å². The molecular formula is C14H22ClNO3S. The number of nitrogens with two attached hydrogens (primary N) is 1. The molecule has 1 unspecified atom stereocenters. The SMILES string of the molecule is CC(N)c1ccc(OCCS(=O)(=O)C(C)(C)C)c(Cl)c1. The van der Waals surface area contributed by atoms with Crippen LogP contribution in [0.5, 0.6) is 5.75 Å². The van der Waals surface area contributed by atoms with Crippen LogP contribution in [0.3, 0.4) is 0 Å². The monoisotopic (exact) mass is 319 g/mol. The first kappa shape index (κ1) is 17.3. The molecule has 0 radical (unpaired) electrons. The van der Waals surface area contributed by atoms with Gasteiger partial charge in [-0.15, -0.1) is 0 Å². The zero-order chi connectivity index (χ0) is 15.6. The van der Waals surface area contributed by atoms with Crippen LogP contribution >= 0.6 is 11.6 Å². The van der Waals surface area contributed by atoms with Gasteiger partial charge in [0.15, 0.2) is 9.84 Å². The highest BCUT2D eigenvalue weighted by molar-refractivity contribution is 7.92. The Kier molecular flexibility index (Phi) is 5.46. The first-order valence-electron chi connectivity index (χ1n) is 6.45. The molecule has 1 atom stereocenters. The summed E-state index contributed by atoms with van der Waals surface area (Å²) in [5, 5.41) is 0.438. The van der Waals surface area contributed by atoms with Gasteiger partial charge in [-0.25, -0.2) is 8.42 Å². The van der Waals surface area contributed by atoms with Crippen LogP contribution in [0, 0.1) is 0 Å². The van der Waals surface area contributed by atoms with E-state index < -0.39 is 14.6 Å². The number of rotatable bonds is 5. The zero-order valence-electron chi connectivity index (χ0n) is 12.3. The summed E-state index contributed by atoms with van der Waals surface area (Å²) >= 11 is 6.08. The molecule has 0 spiro atoms. The van der Waals surface area contributed by atoms with Gasteiger partial charge in [0.25, 0.3) is 0 Å². The Balaban J connectivity index is 2.68. The molecule has 20 heavy (non-hydrogen) atoms. The maximum absolute atomic E-state index is 11.9. The van der Waals surface area contributed by atoms with Crippen LogP contribution in [0.1, 0.15) is 39.3 Å². The summed E-state index contributed by atoms with van der Waals surface area (Å²) in [6.45, 7) is 6.96. The fourth-order valence-corrected chi connectivity index (χ4v) is 2.64. The van der Waals surface area contributed by atoms with Crippen molar-refractivity contribution in [3.05, 3.63) is 28.8 Å². The molecule has 0 saturated carbocycles. The first-order chi connectivity index (χ1) is 9.04. The summed E-state index contributed by atoms with van der Waals surface area (Å²) in [7, 11) is -3.19. The Morgan fingerprint density at radius 2 is 1.95 bits per heavy atom. The van der Waals surface area contributed by atoms with E-state index in [9.17, 15) is 8.42 Å². The van der Waals surface area contributed by atoms with Crippen LogP contribution in [-0.4, -0.2) is 25.5 Å². The van der Waals surface area contributed by atoms with Gasteiger partial charge in [0.2, 0.25) is 0 Å². The van der Waals surface area contributed by atoms with Crippen molar-refractivity contribution in [3.63, 3.8) is 0 Å². The van der Waals surface area contributed by atoms with E-state index in [2.05, 4.69) is 0 Å². The normalized spacial score (nSPS) is 14.1. The maximum atomic E-state index is 11.9. The second-order valence-corrected chi connectivity index (χ2v) is 9.03. The lowest BCUT2D eigenvalue weighted by Crippen LogP contribution is -2.32. The van der Waals surface area contributed by atoms with E-state index in [4.69, 9.17) is 22.1 Å². The van der Waals surface area contributed by atoms with E-state index in [1.54, 1.807) is 32.9 Å². The number of hydrogen-bond acceptors (Lipinski definition) is 4. The quantitative estimate of drug-likeness (QED) is 0.906. The van der Waals surface area contributed by atoms with Gasteiger partial charge < -0.3 is 10.5 Å². The molecule has 2 N–H and O–H groups in total. The number of hydrogen-bond donors (Lipinski definition) is 1. The Morgan fingerprint density at radius 3 is 2.40 bits per heavy atom. The highest BCUT2D eigenvalue weighted by atomic mass is 35.5. The second kappa shape index (κ2) is 6.33. The molecule has 0 aliphatic carbocycles. The summed E-state index contributed by atoms with van der Waals surface area (Å²) in [6, 6.07) is 5.16. The molecule has 0 saturated heterocycles. The van der Waals surface area contributed by atoms with Gasteiger partial charge in [-0.05, 0) is 45.4 Å². The van der Waals surface area contributed by atoms with E-state index in [0.29, 0.717) is 10.8 Å². The molecule has 1 aromatic rings. The molecule has 0 fully saturated rings. The van der Waals surface area contributed by atoms with E-state index in [1.165, 1.54) is 0 Å². The van der Waals surface area contributed by atoms with Crippen molar-refractivity contribution in [1.29, 1.82) is 0 Å². The van der Waals surface area contributed by atoms with Crippen molar-refractivity contribution in [3.8, 4) is 5.75 Å². The number of ether oxygens (including phenoxy) is 1. The first-order valence-corrected chi connectivity index (χ1v) is 8.48. The molecule has 6 heteroatoms. The van der Waals surface area contributed by atoms with Crippen LogP contribution in [-0.2, 0) is 9.84 Å². The van der Waals surface area contributed by atoms with Gasteiger partial charge in [0, 0.05) is 6.04 Å². The van der Waals surface area contributed by atoms with Crippen LogP contribution in [0.15, 0.2) is 18.2 Å². The summed E-state index contributed by atoms with van der Waals surface area (Å²) in [5.41, 5.74) is 6.67. The highest BCUT2D eigenvalue weighted by Gasteiger charge is 2.28. The van der Waals surface area contributed by atoms with Gasteiger partial charge in [0.1, 0.15) is 12.4 Å². The van der Waals surface area contributed by atoms with E-state index >= 15 is 0 Å². The summed E-state index contributed by atoms with van der Waals surface area (Å²) in [5.74, 6) is 0.433. The van der Waals surface area contributed by atoms with Crippen molar-refractivity contribution in [2.45, 2.75) is 38.5 Å². The fourth-order valence-electron chi connectivity index (χ4n) is 1.48. The smallest absolute Gasteiger partial charge is 0.158 e. The molecule has 0 aliphatic heterocycles. The van der Waals surface area contributed by atoms with Crippen LogP contribution < -0.4 is 10.5 Å². The molecule has 0 amide bonds. The average molecular weight is 320 g/mol. The molecule has 4 nitrogen and oxygen atoms in total. The summed E-state index contributed by atoms with van der Waals surface area (Å²) in [6.07, 6.45) is 0. The van der Waals surface area contributed by atoms with Crippen molar-refractivity contribution in [2.24, 2.45) is 5.73 Å².